The molecular weight excluding hydrogens is 288 g/mol. The second-order valence-corrected chi connectivity index (χ2v) is 5.11. The highest BCUT2D eigenvalue weighted by molar-refractivity contribution is 5.92. The molecule has 2 amide bonds. The highest BCUT2D eigenvalue weighted by Gasteiger charge is 2.30. The van der Waals surface area contributed by atoms with Crippen molar-refractivity contribution in [2.75, 3.05) is 7.11 Å². The Morgan fingerprint density at radius 3 is 2.59 bits per heavy atom. The molecule has 0 saturated carbocycles. The number of aliphatic carboxylic acids is 1. The smallest absolute Gasteiger partial charge is 0.326 e. The summed E-state index contributed by atoms with van der Waals surface area (Å²) in [5.41, 5.74) is 0.768. The van der Waals surface area contributed by atoms with Gasteiger partial charge in [-0.1, -0.05) is 12.1 Å². The molecule has 2 atom stereocenters. The molecule has 1 heterocycles. The van der Waals surface area contributed by atoms with Crippen LogP contribution in [0.15, 0.2) is 24.3 Å². The number of carbonyl (C=O) groups is 3. The summed E-state index contributed by atoms with van der Waals surface area (Å²) in [6.45, 7) is 0. The quantitative estimate of drug-likeness (QED) is 0.690. The topological polar surface area (TPSA) is 105 Å². The molecule has 1 aliphatic rings. The molecule has 0 unspecified atom stereocenters. The number of rotatable bonds is 6. The first-order chi connectivity index (χ1) is 10.5. The molecule has 1 aromatic carbocycles. The fourth-order valence-corrected chi connectivity index (χ4v) is 2.28. The summed E-state index contributed by atoms with van der Waals surface area (Å²) in [6, 6.07) is 5.26. The first-order valence-corrected chi connectivity index (χ1v) is 6.95. The summed E-state index contributed by atoms with van der Waals surface area (Å²) >= 11 is 0. The summed E-state index contributed by atoms with van der Waals surface area (Å²) in [5, 5.41) is 14.2. The number of ether oxygens (including phenoxy) is 1. The SMILES string of the molecule is COc1ccc(C[C@H](NC(=O)[C@H]2CCC(=O)N2)C(=O)O)cc1. The zero-order valence-corrected chi connectivity index (χ0v) is 12.2. The monoisotopic (exact) mass is 306 g/mol. The van der Waals surface area contributed by atoms with Crippen molar-refractivity contribution < 1.29 is 24.2 Å². The van der Waals surface area contributed by atoms with Gasteiger partial charge < -0.3 is 20.5 Å². The predicted molar refractivity (Wildman–Crippen MR) is 77.4 cm³/mol. The van der Waals surface area contributed by atoms with Gasteiger partial charge in [0, 0.05) is 12.8 Å². The van der Waals surface area contributed by atoms with Crippen LogP contribution in [0.3, 0.4) is 0 Å². The van der Waals surface area contributed by atoms with Gasteiger partial charge in [-0.05, 0) is 24.1 Å². The number of carbonyl (C=O) groups excluding carboxylic acids is 2. The normalized spacial score (nSPS) is 18.4. The highest BCUT2D eigenvalue weighted by atomic mass is 16.5. The number of hydrogen-bond acceptors (Lipinski definition) is 4. The number of benzene rings is 1. The molecule has 7 heteroatoms. The molecule has 0 aromatic heterocycles. The zero-order chi connectivity index (χ0) is 16.1. The van der Waals surface area contributed by atoms with Crippen molar-refractivity contribution in [2.45, 2.75) is 31.3 Å². The Morgan fingerprint density at radius 1 is 1.41 bits per heavy atom. The molecule has 1 aliphatic heterocycles. The molecule has 0 aliphatic carbocycles. The van der Waals surface area contributed by atoms with E-state index in [-0.39, 0.29) is 18.7 Å². The Kier molecular flexibility index (Phi) is 4.98. The molecule has 0 bridgehead atoms. The fourth-order valence-electron chi connectivity index (χ4n) is 2.28. The number of nitrogens with one attached hydrogen (secondary N) is 2. The maximum atomic E-state index is 12.0. The van der Waals surface area contributed by atoms with Gasteiger partial charge in [-0.15, -0.1) is 0 Å². The van der Waals surface area contributed by atoms with Gasteiger partial charge >= 0.3 is 5.97 Å². The lowest BCUT2D eigenvalue weighted by atomic mass is 10.1. The maximum absolute atomic E-state index is 12.0. The van der Waals surface area contributed by atoms with E-state index in [1.54, 1.807) is 31.4 Å². The molecular formula is C15H18N2O5. The third kappa shape index (κ3) is 3.97. The van der Waals surface area contributed by atoms with Gasteiger partial charge in [0.25, 0.3) is 0 Å². The number of amides is 2. The van der Waals surface area contributed by atoms with Crippen molar-refractivity contribution in [3.05, 3.63) is 29.8 Å². The molecule has 7 nitrogen and oxygen atoms in total. The van der Waals surface area contributed by atoms with E-state index in [9.17, 15) is 19.5 Å². The standard InChI is InChI=1S/C15H18N2O5/c1-22-10-4-2-9(3-5-10)8-12(15(20)21)17-14(19)11-6-7-13(18)16-11/h2-5,11-12H,6-8H2,1H3,(H,16,18)(H,17,19)(H,20,21)/t11-,12+/m1/s1. The van der Waals surface area contributed by atoms with Crippen LogP contribution < -0.4 is 15.4 Å². The average Bonchev–Trinajstić information content (AvgIpc) is 2.94. The maximum Gasteiger partial charge on any atom is 0.326 e. The van der Waals surface area contributed by atoms with Crippen LogP contribution in [-0.4, -0.2) is 42.1 Å². The second-order valence-electron chi connectivity index (χ2n) is 5.11. The van der Waals surface area contributed by atoms with Crippen molar-refractivity contribution in [1.29, 1.82) is 0 Å². The van der Waals surface area contributed by atoms with Crippen LogP contribution >= 0.6 is 0 Å². The largest absolute Gasteiger partial charge is 0.497 e. The second kappa shape index (κ2) is 6.93. The summed E-state index contributed by atoms with van der Waals surface area (Å²) in [4.78, 5) is 34.4. The highest BCUT2D eigenvalue weighted by Crippen LogP contribution is 2.13. The Labute approximate surface area is 127 Å². The van der Waals surface area contributed by atoms with E-state index in [1.807, 2.05) is 0 Å². The van der Waals surface area contributed by atoms with Gasteiger partial charge in [0.15, 0.2) is 0 Å². The summed E-state index contributed by atoms with van der Waals surface area (Å²) < 4.78 is 5.04. The Balaban J connectivity index is 1.98. The van der Waals surface area contributed by atoms with E-state index in [0.717, 1.165) is 5.56 Å². The lowest BCUT2D eigenvalue weighted by Crippen LogP contribution is -2.49. The van der Waals surface area contributed by atoms with Crippen molar-refractivity contribution in [1.82, 2.24) is 10.6 Å². The fraction of sp³-hybridized carbons (Fsp3) is 0.400. The van der Waals surface area contributed by atoms with Crippen molar-refractivity contribution >= 4 is 17.8 Å². The van der Waals surface area contributed by atoms with Crippen LogP contribution in [-0.2, 0) is 20.8 Å². The molecule has 1 fully saturated rings. The average molecular weight is 306 g/mol. The molecule has 1 aromatic rings. The van der Waals surface area contributed by atoms with Gasteiger partial charge in [0.2, 0.25) is 11.8 Å². The Morgan fingerprint density at radius 2 is 2.09 bits per heavy atom. The van der Waals surface area contributed by atoms with Crippen molar-refractivity contribution in [3.63, 3.8) is 0 Å². The number of carboxylic acids is 1. The van der Waals surface area contributed by atoms with E-state index in [2.05, 4.69) is 10.6 Å². The van der Waals surface area contributed by atoms with Gasteiger partial charge in [0.1, 0.15) is 17.8 Å². The summed E-state index contributed by atoms with van der Waals surface area (Å²) in [7, 11) is 1.55. The van der Waals surface area contributed by atoms with E-state index in [1.165, 1.54) is 0 Å². The Bertz CT molecular complexity index is 570. The number of methoxy groups -OCH3 is 1. The summed E-state index contributed by atoms with van der Waals surface area (Å²) in [6.07, 6.45) is 0.833. The van der Waals surface area contributed by atoms with E-state index >= 15 is 0 Å². The lowest BCUT2D eigenvalue weighted by Gasteiger charge is -2.17. The van der Waals surface area contributed by atoms with Crippen LogP contribution in [0, 0.1) is 0 Å². The van der Waals surface area contributed by atoms with Crippen LogP contribution in [0.25, 0.3) is 0 Å². The van der Waals surface area contributed by atoms with Crippen LogP contribution in [0.5, 0.6) is 5.75 Å². The minimum atomic E-state index is -1.12. The molecule has 22 heavy (non-hydrogen) atoms. The molecule has 1 saturated heterocycles. The third-order valence-corrected chi connectivity index (χ3v) is 3.53. The van der Waals surface area contributed by atoms with Gasteiger partial charge in [0.05, 0.1) is 7.11 Å². The van der Waals surface area contributed by atoms with E-state index in [4.69, 9.17) is 4.74 Å². The summed E-state index contributed by atoms with van der Waals surface area (Å²) in [5.74, 6) is -1.10. The molecule has 2 rings (SSSR count). The molecule has 0 spiro atoms. The molecule has 0 radical (unpaired) electrons. The van der Waals surface area contributed by atoms with Crippen LogP contribution in [0.2, 0.25) is 0 Å². The number of carboxylic acid groups (broad SMARTS) is 1. The van der Waals surface area contributed by atoms with Crippen LogP contribution in [0.4, 0.5) is 0 Å². The minimum absolute atomic E-state index is 0.158. The van der Waals surface area contributed by atoms with Gasteiger partial charge in [-0.3, -0.25) is 9.59 Å². The van der Waals surface area contributed by atoms with Crippen molar-refractivity contribution in [3.8, 4) is 5.75 Å². The molecule has 118 valence electrons. The predicted octanol–water partition coefficient (Wildman–Crippen LogP) is 0.0857. The first-order valence-electron chi connectivity index (χ1n) is 6.95. The van der Waals surface area contributed by atoms with E-state index in [0.29, 0.717) is 12.2 Å². The van der Waals surface area contributed by atoms with Crippen LogP contribution in [0.1, 0.15) is 18.4 Å². The van der Waals surface area contributed by atoms with Gasteiger partial charge in [-0.2, -0.15) is 0 Å². The van der Waals surface area contributed by atoms with E-state index < -0.39 is 24.0 Å². The lowest BCUT2D eigenvalue weighted by molar-refractivity contribution is -0.142. The third-order valence-electron chi connectivity index (χ3n) is 3.53. The minimum Gasteiger partial charge on any atom is -0.497 e. The molecule has 3 N–H and O–H groups in total. The van der Waals surface area contributed by atoms with Crippen molar-refractivity contribution in [2.24, 2.45) is 0 Å². The zero-order valence-electron chi connectivity index (χ0n) is 12.2. The Hall–Kier alpha value is -2.57. The first kappa shape index (κ1) is 15.8. The number of hydrogen-bond donors (Lipinski definition) is 3. The van der Waals surface area contributed by atoms with Gasteiger partial charge in [-0.25, -0.2) is 4.79 Å².